The van der Waals surface area contributed by atoms with Crippen LogP contribution in [0.15, 0.2) is 18.7 Å². The Hall–Kier alpha value is -2.76. The smallest absolute Gasteiger partial charge is 0.434 e. The molecule has 2 heterocycles. The maximum absolute atomic E-state index is 13.5. The number of rotatable bonds is 4. The topological polar surface area (TPSA) is 105 Å². The van der Waals surface area contributed by atoms with Crippen LogP contribution in [0.5, 0.6) is 0 Å². The maximum Gasteiger partial charge on any atom is 0.434 e. The molecule has 0 aliphatic heterocycles. The fraction of sp³-hybridized carbons (Fsp3) is 0.167. The van der Waals surface area contributed by atoms with Crippen LogP contribution in [0.1, 0.15) is 32.1 Å². The Morgan fingerprint density at radius 2 is 1.56 bits per heavy atom. The molecule has 13 heteroatoms. The minimum Gasteiger partial charge on any atom is -0.478 e. The zero-order valence-electron chi connectivity index (χ0n) is 11.6. The van der Waals surface area contributed by atoms with Gasteiger partial charge in [-0.3, -0.25) is 0 Å². The van der Waals surface area contributed by atoms with E-state index in [9.17, 15) is 31.5 Å². The van der Waals surface area contributed by atoms with Gasteiger partial charge in [-0.2, -0.15) is 22.0 Å². The first-order chi connectivity index (χ1) is 11.4. The van der Waals surface area contributed by atoms with Gasteiger partial charge in [0.05, 0.1) is 12.0 Å². The van der Waals surface area contributed by atoms with Crippen molar-refractivity contribution in [3.8, 4) is 5.69 Å². The van der Waals surface area contributed by atoms with Gasteiger partial charge in [0, 0.05) is 12.4 Å². The van der Waals surface area contributed by atoms with Crippen LogP contribution in [0.4, 0.5) is 22.0 Å². The molecule has 0 aliphatic rings. The molecule has 0 atom stereocenters. The number of aromatic carboxylic acids is 2. The number of halogens is 6. The number of alkyl halides is 6. The van der Waals surface area contributed by atoms with E-state index in [0.29, 0.717) is 4.57 Å². The second kappa shape index (κ2) is 5.95. The summed E-state index contributed by atoms with van der Waals surface area (Å²) in [6, 6.07) is 0. The summed E-state index contributed by atoms with van der Waals surface area (Å²) in [5.74, 6) is -4.38. The van der Waals surface area contributed by atoms with Gasteiger partial charge in [-0.05, 0) is 11.6 Å². The highest BCUT2D eigenvalue weighted by Crippen LogP contribution is 2.41. The van der Waals surface area contributed by atoms with Crippen LogP contribution >= 0.6 is 11.6 Å². The van der Waals surface area contributed by atoms with Crippen LogP contribution < -0.4 is 0 Å². The molecule has 2 aromatic heterocycles. The summed E-state index contributed by atoms with van der Waals surface area (Å²) in [5, 5.41) is 13.7. The van der Waals surface area contributed by atoms with E-state index in [0.717, 1.165) is 18.7 Å². The number of carboxylic acid groups (broad SMARTS) is 2. The Morgan fingerprint density at radius 1 is 1.04 bits per heavy atom. The number of nitrogens with zero attached hydrogens (tertiary/aromatic N) is 3. The molecule has 0 spiro atoms. The molecule has 0 aromatic carbocycles. The molecular weight excluding hydrogens is 381 g/mol. The first-order valence-electron chi connectivity index (χ1n) is 6.03. The predicted molar refractivity (Wildman–Crippen MR) is 70.0 cm³/mol. The fourth-order valence-electron chi connectivity index (χ4n) is 2.04. The number of hydrogen-bond donors (Lipinski definition) is 2. The molecular formula is C12H5ClF5N3O4. The first-order valence-corrected chi connectivity index (χ1v) is 6.40. The van der Waals surface area contributed by atoms with Crippen LogP contribution in [-0.2, 0) is 11.6 Å². The Labute approximate surface area is 139 Å². The normalized spacial score (nSPS) is 12.2. The Balaban J connectivity index is 3.14. The van der Waals surface area contributed by atoms with Gasteiger partial charge in [0.2, 0.25) is 0 Å². The van der Waals surface area contributed by atoms with Crippen LogP contribution in [0.25, 0.3) is 5.69 Å². The van der Waals surface area contributed by atoms with E-state index in [1.807, 2.05) is 0 Å². The van der Waals surface area contributed by atoms with Gasteiger partial charge >= 0.3 is 23.5 Å². The van der Waals surface area contributed by atoms with Gasteiger partial charge in [0.1, 0.15) is 16.8 Å². The van der Waals surface area contributed by atoms with Crippen LogP contribution in [0, 0.1) is 0 Å². The SMILES string of the molecule is O=C(O)c1c(C(F)(F)F)nc(C(F)(F)Cl)c(C(=O)O)c1-n1ccnc1. The highest BCUT2D eigenvalue weighted by atomic mass is 35.5. The van der Waals surface area contributed by atoms with E-state index in [2.05, 4.69) is 9.97 Å². The van der Waals surface area contributed by atoms with Crippen molar-refractivity contribution in [2.75, 3.05) is 0 Å². The highest BCUT2D eigenvalue weighted by molar-refractivity contribution is 6.22. The zero-order chi connectivity index (χ0) is 19.2. The lowest BCUT2D eigenvalue weighted by Gasteiger charge is -2.20. The van der Waals surface area contributed by atoms with Gasteiger partial charge in [0.15, 0.2) is 5.69 Å². The van der Waals surface area contributed by atoms with E-state index >= 15 is 0 Å². The highest BCUT2D eigenvalue weighted by Gasteiger charge is 2.46. The molecule has 0 amide bonds. The monoisotopic (exact) mass is 385 g/mol. The van der Waals surface area contributed by atoms with Crippen LogP contribution in [0.3, 0.4) is 0 Å². The largest absolute Gasteiger partial charge is 0.478 e. The molecule has 0 unspecified atom stereocenters. The second-order valence-corrected chi connectivity index (χ2v) is 4.96. The minimum atomic E-state index is -5.48. The number of aromatic nitrogens is 3. The number of hydrogen-bond acceptors (Lipinski definition) is 4. The van der Waals surface area contributed by atoms with E-state index in [1.54, 1.807) is 0 Å². The lowest BCUT2D eigenvalue weighted by atomic mass is 10.0. The molecule has 2 N–H and O–H groups in total. The number of pyridine rings is 1. The molecule has 2 rings (SSSR count). The standard InChI is InChI=1S/C12H5ClF5N3O4/c13-11(14,15)7-4(9(22)23)6(21-2-1-19-3-21)5(10(24)25)8(20-7)12(16,17)18/h1-3H,(H,22,23)(H,24,25). The summed E-state index contributed by atoms with van der Waals surface area (Å²) in [4.78, 5) is 28.7. The van der Waals surface area contributed by atoms with Crippen molar-refractivity contribution >= 4 is 23.5 Å². The first kappa shape index (κ1) is 18.6. The quantitative estimate of drug-likeness (QED) is 0.619. The van der Waals surface area contributed by atoms with E-state index in [4.69, 9.17) is 21.8 Å². The van der Waals surface area contributed by atoms with E-state index in [1.165, 1.54) is 0 Å². The summed E-state index contributed by atoms with van der Waals surface area (Å²) in [7, 11) is 0. The lowest BCUT2D eigenvalue weighted by molar-refractivity contribution is -0.142. The molecule has 0 bridgehead atoms. The summed E-state index contributed by atoms with van der Waals surface area (Å²) in [5.41, 5.74) is -8.49. The van der Waals surface area contributed by atoms with Crippen LogP contribution in [0.2, 0.25) is 0 Å². The van der Waals surface area contributed by atoms with Gasteiger partial charge in [0.25, 0.3) is 0 Å². The van der Waals surface area contributed by atoms with E-state index in [-0.39, 0.29) is 0 Å². The summed E-state index contributed by atoms with van der Waals surface area (Å²) < 4.78 is 67.0. The second-order valence-electron chi connectivity index (χ2n) is 4.48. The third kappa shape index (κ3) is 3.38. The summed E-state index contributed by atoms with van der Waals surface area (Å²) in [6.45, 7) is 0. The Morgan fingerprint density at radius 3 is 1.92 bits per heavy atom. The zero-order valence-corrected chi connectivity index (χ0v) is 12.3. The van der Waals surface area contributed by atoms with Crippen molar-refractivity contribution in [3.05, 3.63) is 41.2 Å². The number of imidazole rings is 1. The van der Waals surface area contributed by atoms with Crippen molar-refractivity contribution in [1.82, 2.24) is 14.5 Å². The van der Waals surface area contributed by atoms with E-state index < -0.39 is 51.7 Å². The van der Waals surface area contributed by atoms with Gasteiger partial charge in [-0.1, -0.05) is 0 Å². The molecule has 2 aromatic rings. The van der Waals surface area contributed by atoms with Crippen molar-refractivity contribution < 1.29 is 41.8 Å². The molecule has 0 saturated heterocycles. The summed E-state index contributed by atoms with van der Waals surface area (Å²) >= 11 is 4.70. The summed E-state index contributed by atoms with van der Waals surface area (Å²) in [6.07, 6.45) is -2.88. The van der Waals surface area contributed by atoms with Gasteiger partial charge < -0.3 is 14.8 Å². The molecule has 0 fully saturated rings. The lowest BCUT2D eigenvalue weighted by Crippen LogP contribution is -2.26. The minimum absolute atomic E-state index is 0.538. The molecule has 134 valence electrons. The maximum atomic E-state index is 13.5. The average molecular weight is 386 g/mol. The predicted octanol–water partition coefficient (Wildman–Crippen LogP) is 2.97. The van der Waals surface area contributed by atoms with Crippen LogP contribution in [-0.4, -0.2) is 36.7 Å². The molecule has 0 aliphatic carbocycles. The van der Waals surface area contributed by atoms with Gasteiger partial charge in [-0.25, -0.2) is 19.6 Å². The average Bonchev–Trinajstić information content (AvgIpc) is 2.96. The Bertz CT molecular complexity index is 796. The Kier molecular flexibility index (Phi) is 4.42. The fourth-order valence-corrected chi connectivity index (χ4v) is 2.17. The molecule has 0 radical (unpaired) electrons. The van der Waals surface area contributed by atoms with Crippen molar-refractivity contribution in [2.45, 2.75) is 11.6 Å². The number of carbonyl (C=O) groups is 2. The van der Waals surface area contributed by atoms with Crippen molar-refractivity contribution in [1.29, 1.82) is 0 Å². The third-order valence-electron chi connectivity index (χ3n) is 2.90. The molecule has 0 saturated carbocycles. The van der Waals surface area contributed by atoms with Gasteiger partial charge in [-0.15, -0.1) is 0 Å². The number of carboxylic acids is 2. The molecule has 7 nitrogen and oxygen atoms in total. The molecule has 25 heavy (non-hydrogen) atoms. The van der Waals surface area contributed by atoms with Crippen molar-refractivity contribution in [2.24, 2.45) is 0 Å². The third-order valence-corrected chi connectivity index (χ3v) is 3.08. The van der Waals surface area contributed by atoms with Crippen molar-refractivity contribution in [3.63, 3.8) is 0 Å².